The topological polar surface area (TPSA) is 41.6 Å². The van der Waals surface area contributed by atoms with Crippen LogP contribution in [-0.2, 0) is 22.0 Å². The minimum atomic E-state index is -0.0531. The molecule has 0 saturated carbocycles. The molecule has 0 spiro atoms. The summed E-state index contributed by atoms with van der Waals surface area (Å²) >= 11 is 0. The van der Waals surface area contributed by atoms with Gasteiger partial charge in [0.1, 0.15) is 5.75 Å². The van der Waals surface area contributed by atoms with Crippen LogP contribution in [0.3, 0.4) is 0 Å². The van der Waals surface area contributed by atoms with Gasteiger partial charge in [0, 0.05) is 31.3 Å². The monoisotopic (exact) mass is 348 g/mol. The van der Waals surface area contributed by atoms with E-state index in [-0.39, 0.29) is 16.7 Å². The molecule has 1 N–H and O–H groups in total. The Bertz CT molecular complexity index is 560. The van der Waals surface area contributed by atoms with Crippen molar-refractivity contribution in [1.29, 1.82) is 0 Å². The molecule has 0 unspecified atom stereocenters. The highest BCUT2D eigenvalue weighted by atomic mass is 16.5. The molecule has 1 aromatic carbocycles. The van der Waals surface area contributed by atoms with Gasteiger partial charge < -0.3 is 15.0 Å². The Morgan fingerprint density at radius 3 is 1.92 bits per heavy atom. The van der Waals surface area contributed by atoms with Crippen molar-refractivity contribution in [2.24, 2.45) is 0 Å². The number of ether oxygens (including phenoxy) is 1. The standard InChI is InChI=1S/C21H36N2O2/c1-20(2,3)16-12-15(14-18(24)23(8)11-10-22-7)13-17(19(16)25-9)21(4,5)6/h12-13,22H,10-11,14H2,1-9H3. The molecule has 0 atom stereocenters. The van der Waals surface area contributed by atoms with Gasteiger partial charge >= 0.3 is 0 Å². The normalized spacial score (nSPS) is 12.2. The average Bonchev–Trinajstić information content (AvgIpc) is 2.49. The van der Waals surface area contributed by atoms with Gasteiger partial charge in [-0.05, 0) is 23.4 Å². The van der Waals surface area contributed by atoms with Crippen LogP contribution in [0.25, 0.3) is 0 Å². The average molecular weight is 349 g/mol. The number of hydrogen-bond donors (Lipinski definition) is 1. The maximum Gasteiger partial charge on any atom is 0.226 e. The van der Waals surface area contributed by atoms with E-state index >= 15 is 0 Å². The van der Waals surface area contributed by atoms with E-state index in [1.54, 1.807) is 12.0 Å². The van der Waals surface area contributed by atoms with E-state index in [4.69, 9.17) is 4.74 Å². The molecule has 0 radical (unpaired) electrons. The van der Waals surface area contributed by atoms with E-state index in [9.17, 15) is 4.79 Å². The lowest BCUT2D eigenvalue weighted by Gasteiger charge is -2.30. The molecule has 142 valence electrons. The van der Waals surface area contributed by atoms with Crippen molar-refractivity contribution in [3.63, 3.8) is 0 Å². The molecule has 1 rings (SSSR count). The maximum absolute atomic E-state index is 12.6. The number of hydrogen-bond acceptors (Lipinski definition) is 3. The number of carbonyl (C=O) groups excluding carboxylic acids is 1. The van der Waals surface area contributed by atoms with Crippen LogP contribution < -0.4 is 10.1 Å². The number of carbonyl (C=O) groups is 1. The summed E-state index contributed by atoms with van der Waals surface area (Å²) in [5.41, 5.74) is 3.26. The fraction of sp³-hybridized carbons (Fsp3) is 0.667. The van der Waals surface area contributed by atoms with Crippen LogP contribution in [0.1, 0.15) is 58.2 Å². The molecule has 0 aliphatic carbocycles. The number of nitrogens with zero attached hydrogens (tertiary/aromatic N) is 1. The number of benzene rings is 1. The van der Waals surface area contributed by atoms with Gasteiger partial charge in [-0.3, -0.25) is 4.79 Å². The first-order valence-corrected chi connectivity index (χ1v) is 9.02. The maximum atomic E-state index is 12.6. The fourth-order valence-corrected chi connectivity index (χ4v) is 2.84. The van der Waals surface area contributed by atoms with E-state index in [1.807, 2.05) is 14.1 Å². The van der Waals surface area contributed by atoms with Crippen molar-refractivity contribution in [1.82, 2.24) is 10.2 Å². The number of methoxy groups -OCH3 is 1. The van der Waals surface area contributed by atoms with Gasteiger partial charge in [0.25, 0.3) is 0 Å². The highest BCUT2D eigenvalue weighted by Gasteiger charge is 2.28. The molecule has 0 aromatic heterocycles. The van der Waals surface area contributed by atoms with E-state index in [2.05, 4.69) is 59.0 Å². The van der Waals surface area contributed by atoms with Gasteiger partial charge in [0.2, 0.25) is 5.91 Å². The van der Waals surface area contributed by atoms with Gasteiger partial charge in [-0.1, -0.05) is 53.7 Å². The van der Waals surface area contributed by atoms with Crippen LogP contribution in [0, 0.1) is 0 Å². The van der Waals surface area contributed by atoms with Gasteiger partial charge in [-0.15, -0.1) is 0 Å². The lowest BCUT2D eigenvalue weighted by atomic mass is 9.78. The summed E-state index contributed by atoms with van der Waals surface area (Å²) in [7, 11) is 5.49. The van der Waals surface area contributed by atoms with Crippen LogP contribution in [0.4, 0.5) is 0 Å². The third-order valence-corrected chi connectivity index (χ3v) is 4.45. The Balaban J connectivity index is 3.31. The van der Waals surface area contributed by atoms with Crippen molar-refractivity contribution in [3.05, 3.63) is 28.8 Å². The zero-order chi connectivity index (χ0) is 19.4. The first-order valence-electron chi connectivity index (χ1n) is 9.02. The van der Waals surface area contributed by atoms with Crippen LogP contribution >= 0.6 is 0 Å². The molecule has 0 bridgehead atoms. The van der Waals surface area contributed by atoms with E-state index < -0.39 is 0 Å². The minimum Gasteiger partial charge on any atom is -0.496 e. The molecule has 0 saturated heterocycles. The Morgan fingerprint density at radius 1 is 1.08 bits per heavy atom. The summed E-state index contributed by atoms with van der Waals surface area (Å²) in [5.74, 6) is 1.08. The first kappa shape index (κ1) is 21.5. The number of amides is 1. The van der Waals surface area contributed by atoms with Gasteiger partial charge in [-0.2, -0.15) is 0 Å². The number of rotatable bonds is 6. The quantitative estimate of drug-likeness (QED) is 0.855. The molecule has 0 aliphatic rings. The SMILES string of the molecule is CNCCN(C)C(=O)Cc1cc(C(C)(C)C)c(OC)c(C(C)(C)C)c1. The largest absolute Gasteiger partial charge is 0.496 e. The smallest absolute Gasteiger partial charge is 0.226 e. The summed E-state index contributed by atoms with van der Waals surface area (Å²) in [4.78, 5) is 14.3. The minimum absolute atomic E-state index is 0.0531. The second kappa shape index (κ2) is 8.22. The molecule has 0 heterocycles. The van der Waals surface area contributed by atoms with Gasteiger partial charge in [0.05, 0.1) is 13.5 Å². The van der Waals surface area contributed by atoms with Crippen LogP contribution in [-0.4, -0.2) is 45.1 Å². The van der Waals surface area contributed by atoms with Crippen LogP contribution in [0.5, 0.6) is 5.75 Å². The molecule has 0 fully saturated rings. The Labute approximate surface area is 153 Å². The van der Waals surface area contributed by atoms with Crippen molar-refractivity contribution in [2.75, 3.05) is 34.3 Å². The molecule has 4 nitrogen and oxygen atoms in total. The Morgan fingerprint density at radius 2 is 1.56 bits per heavy atom. The van der Waals surface area contributed by atoms with Crippen molar-refractivity contribution >= 4 is 5.91 Å². The number of nitrogens with one attached hydrogen (secondary N) is 1. The summed E-state index contributed by atoms with van der Waals surface area (Å²) in [6.07, 6.45) is 0.413. The van der Waals surface area contributed by atoms with Crippen molar-refractivity contribution in [2.45, 2.75) is 58.8 Å². The van der Waals surface area contributed by atoms with Crippen molar-refractivity contribution in [3.8, 4) is 5.75 Å². The van der Waals surface area contributed by atoms with Gasteiger partial charge in [0.15, 0.2) is 0 Å². The Kier molecular flexibility index (Phi) is 7.07. The first-order chi connectivity index (χ1) is 11.4. The summed E-state index contributed by atoms with van der Waals surface area (Å²) in [5, 5.41) is 3.08. The lowest BCUT2D eigenvalue weighted by Crippen LogP contribution is -2.34. The van der Waals surface area contributed by atoms with Crippen molar-refractivity contribution < 1.29 is 9.53 Å². The van der Waals surface area contributed by atoms with E-state index in [1.165, 1.54) is 0 Å². The van der Waals surface area contributed by atoms with Crippen LogP contribution in [0.15, 0.2) is 12.1 Å². The molecular formula is C21H36N2O2. The van der Waals surface area contributed by atoms with Gasteiger partial charge in [-0.25, -0.2) is 0 Å². The third-order valence-electron chi connectivity index (χ3n) is 4.45. The molecule has 25 heavy (non-hydrogen) atoms. The third kappa shape index (κ3) is 5.74. The lowest BCUT2D eigenvalue weighted by molar-refractivity contribution is -0.129. The highest BCUT2D eigenvalue weighted by molar-refractivity contribution is 5.79. The zero-order valence-corrected chi connectivity index (χ0v) is 17.5. The second-order valence-electron chi connectivity index (χ2n) is 8.82. The molecular weight excluding hydrogens is 312 g/mol. The summed E-state index contributed by atoms with van der Waals surface area (Å²) in [6, 6.07) is 4.27. The fourth-order valence-electron chi connectivity index (χ4n) is 2.84. The second-order valence-corrected chi connectivity index (χ2v) is 8.82. The van der Waals surface area contributed by atoms with E-state index in [0.29, 0.717) is 13.0 Å². The molecule has 0 aliphatic heterocycles. The summed E-state index contributed by atoms with van der Waals surface area (Å²) < 4.78 is 5.79. The van der Waals surface area contributed by atoms with Crippen LogP contribution in [0.2, 0.25) is 0 Å². The molecule has 1 amide bonds. The predicted molar refractivity (Wildman–Crippen MR) is 106 cm³/mol. The number of likely N-dealkylation sites (N-methyl/N-ethyl adjacent to an activating group) is 2. The zero-order valence-electron chi connectivity index (χ0n) is 17.5. The highest BCUT2D eigenvalue weighted by Crippen LogP contribution is 2.40. The molecule has 1 aromatic rings. The van der Waals surface area contributed by atoms with E-state index in [0.717, 1.165) is 29.0 Å². The Hall–Kier alpha value is -1.55. The predicted octanol–water partition coefficient (Wildman–Crippen LogP) is 3.51. The molecule has 4 heteroatoms. The summed E-state index contributed by atoms with van der Waals surface area (Å²) in [6.45, 7) is 14.6.